The first kappa shape index (κ1) is 17.3. The molecule has 1 saturated heterocycles. The maximum Gasteiger partial charge on any atom is 0.319 e. The first-order chi connectivity index (χ1) is 11.0. The summed E-state index contributed by atoms with van der Waals surface area (Å²) in [4.78, 5) is 23.7. The highest BCUT2D eigenvalue weighted by Crippen LogP contribution is 2.13. The van der Waals surface area contributed by atoms with Crippen LogP contribution >= 0.6 is 0 Å². The van der Waals surface area contributed by atoms with Gasteiger partial charge in [-0.15, -0.1) is 0 Å². The predicted molar refractivity (Wildman–Crippen MR) is 91.2 cm³/mol. The van der Waals surface area contributed by atoms with E-state index in [2.05, 4.69) is 21.3 Å². The number of benzene rings is 1. The molecule has 6 nitrogen and oxygen atoms in total. The number of anilines is 1. The van der Waals surface area contributed by atoms with Gasteiger partial charge in [0.2, 0.25) is 5.91 Å². The number of nitrogens with one attached hydrogen (secondary N) is 4. The quantitative estimate of drug-likeness (QED) is 0.668. The Kier molecular flexibility index (Phi) is 6.40. The molecule has 23 heavy (non-hydrogen) atoms. The monoisotopic (exact) mass is 318 g/mol. The molecule has 0 radical (unpaired) electrons. The molecular weight excluding hydrogens is 292 g/mol. The van der Waals surface area contributed by atoms with Gasteiger partial charge in [0.1, 0.15) is 0 Å². The highest BCUT2D eigenvalue weighted by Gasteiger charge is 2.20. The Morgan fingerprint density at radius 1 is 1.17 bits per heavy atom. The molecule has 4 N–H and O–H groups in total. The average molecular weight is 318 g/mol. The Balaban J connectivity index is 1.78. The number of rotatable bonds is 5. The Morgan fingerprint density at radius 3 is 2.43 bits per heavy atom. The third-order valence-electron chi connectivity index (χ3n) is 3.81. The standard InChI is InChI=1S/C17H26N4O2/c1-12(2)20-17(23)21-15-5-3-13(4-6-15)11-19-16(22)14-7-9-18-10-8-14/h3-6,12,14,18H,7-11H2,1-2H3,(H,19,22)(H2,20,21,23). The summed E-state index contributed by atoms with van der Waals surface area (Å²) in [7, 11) is 0. The van der Waals surface area contributed by atoms with Crippen LogP contribution in [0.4, 0.5) is 10.5 Å². The summed E-state index contributed by atoms with van der Waals surface area (Å²) in [5.41, 5.74) is 1.75. The van der Waals surface area contributed by atoms with Crippen molar-refractivity contribution < 1.29 is 9.59 Å². The van der Waals surface area contributed by atoms with E-state index in [-0.39, 0.29) is 23.9 Å². The van der Waals surface area contributed by atoms with Crippen molar-refractivity contribution in [1.29, 1.82) is 0 Å². The molecule has 126 valence electrons. The van der Waals surface area contributed by atoms with Crippen molar-refractivity contribution in [2.75, 3.05) is 18.4 Å². The van der Waals surface area contributed by atoms with Gasteiger partial charge < -0.3 is 21.3 Å². The van der Waals surface area contributed by atoms with Crippen LogP contribution in [0.5, 0.6) is 0 Å². The van der Waals surface area contributed by atoms with E-state index in [1.165, 1.54) is 0 Å². The van der Waals surface area contributed by atoms with Crippen molar-refractivity contribution in [2.45, 2.75) is 39.3 Å². The van der Waals surface area contributed by atoms with Gasteiger partial charge in [-0.1, -0.05) is 12.1 Å². The van der Waals surface area contributed by atoms with Crippen molar-refractivity contribution in [3.05, 3.63) is 29.8 Å². The second kappa shape index (κ2) is 8.53. The SMILES string of the molecule is CC(C)NC(=O)Nc1ccc(CNC(=O)C2CCNCC2)cc1. The lowest BCUT2D eigenvalue weighted by molar-refractivity contribution is -0.125. The fourth-order valence-corrected chi connectivity index (χ4v) is 2.55. The summed E-state index contributed by atoms with van der Waals surface area (Å²) in [6, 6.07) is 7.38. The Hall–Kier alpha value is -2.08. The lowest BCUT2D eigenvalue weighted by Crippen LogP contribution is -2.37. The summed E-state index contributed by atoms with van der Waals surface area (Å²) < 4.78 is 0. The van der Waals surface area contributed by atoms with Crippen LogP contribution < -0.4 is 21.3 Å². The Morgan fingerprint density at radius 2 is 1.83 bits per heavy atom. The molecule has 0 spiro atoms. The number of piperidine rings is 1. The molecule has 1 fully saturated rings. The fourth-order valence-electron chi connectivity index (χ4n) is 2.55. The topological polar surface area (TPSA) is 82.3 Å². The second-order valence-electron chi connectivity index (χ2n) is 6.19. The van der Waals surface area contributed by atoms with Gasteiger partial charge in [-0.05, 0) is 57.5 Å². The van der Waals surface area contributed by atoms with Crippen LogP contribution in [0.2, 0.25) is 0 Å². The number of hydrogen-bond donors (Lipinski definition) is 4. The Labute approximate surface area is 137 Å². The fraction of sp³-hybridized carbons (Fsp3) is 0.529. The van der Waals surface area contributed by atoms with Gasteiger partial charge in [0.05, 0.1) is 0 Å². The van der Waals surface area contributed by atoms with Crippen LogP contribution in [0.1, 0.15) is 32.3 Å². The maximum atomic E-state index is 12.1. The van der Waals surface area contributed by atoms with E-state index in [1.54, 1.807) is 0 Å². The van der Waals surface area contributed by atoms with E-state index >= 15 is 0 Å². The summed E-state index contributed by atoms with van der Waals surface area (Å²) >= 11 is 0. The normalized spacial score (nSPS) is 15.3. The van der Waals surface area contributed by atoms with E-state index in [0.29, 0.717) is 6.54 Å². The molecule has 3 amide bonds. The molecule has 1 aromatic carbocycles. The summed E-state index contributed by atoms with van der Waals surface area (Å²) in [5, 5.41) is 11.8. The molecule has 1 aliphatic heterocycles. The van der Waals surface area contributed by atoms with E-state index in [1.807, 2.05) is 38.1 Å². The molecule has 0 unspecified atom stereocenters. The van der Waals surface area contributed by atoms with Crippen LogP contribution in [0, 0.1) is 5.92 Å². The number of amides is 3. The summed E-state index contributed by atoms with van der Waals surface area (Å²) in [6.07, 6.45) is 1.80. The van der Waals surface area contributed by atoms with Crippen LogP contribution in [-0.2, 0) is 11.3 Å². The molecule has 6 heteroatoms. The van der Waals surface area contributed by atoms with Gasteiger partial charge in [-0.25, -0.2) is 4.79 Å². The average Bonchev–Trinajstić information content (AvgIpc) is 2.54. The number of hydrogen-bond acceptors (Lipinski definition) is 3. The van der Waals surface area contributed by atoms with Crippen molar-refractivity contribution in [3.63, 3.8) is 0 Å². The minimum Gasteiger partial charge on any atom is -0.352 e. The van der Waals surface area contributed by atoms with Crippen LogP contribution in [-0.4, -0.2) is 31.1 Å². The zero-order valence-corrected chi connectivity index (χ0v) is 13.8. The molecule has 1 heterocycles. The third-order valence-corrected chi connectivity index (χ3v) is 3.81. The molecule has 0 aromatic heterocycles. The summed E-state index contributed by atoms with van der Waals surface area (Å²) in [6.45, 7) is 6.16. The highest BCUT2D eigenvalue weighted by molar-refractivity contribution is 5.89. The maximum absolute atomic E-state index is 12.1. The second-order valence-corrected chi connectivity index (χ2v) is 6.19. The molecule has 1 aliphatic rings. The van der Waals surface area contributed by atoms with E-state index < -0.39 is 0 Å². The molecule has 2 rings (SSSR count). The van der Waals surface area contributed by atoms with Gasteiger partial charge in [-0.3, -0.25) is 4.79 Å². The first-order valence-corrected chi connectivity index (χ1v) is 8.19. The zero-order chi connectivity index (χ0) is 16.7. The van der Waals surface area contributed by atoms with Gasteiger partial charge >= 0.3 is 6.03 Å². The van der Waals surface area contributed by atoms with Crippen LogP contribution in [0.3, 0.4) is 0 Å². The Bertz CT molecular complexity index is 522. The largest absolute Gasteiger partial charge is 0.352 e. The highest BCUT2D eigenvalue weighted by atomic mass is 16.2. The van der Waals surface area contributed by atoms with Gasteiger partial charge in [0.25, 0.3) is 0 Å². The minimum absolute atomic E-state index is 0.0967. The van der Waals surface area contributed by atoms with Crippen molar-refractivity contribution in [3.8, 4) is 0 Å². The number of carbonyl (C=O) groups excluding carboxylic acids is 2. The van der Waals surface area contributed by atoms with E-state index in [9.17, 15) is 9.59 Å². The molecule has 0 bridgehead atoms. The van der Waals surface area contributed by atoms with Crippen molar-refractivity contribution >= 4 is 17.6 Å². The molecule has 0 atom stereocenters. The zero-order valence-electron chi connectivity index (χ0n) is 13.8. The van der Waals surface area contributed by atoms with Crippen LogP contribution in [0.25, 0.3) is 0 Å². The minimum atomic E-state index is -0.216. The molecule has 0 aliphatic carbocycles. The smallest absolute Gasteiger partial charge is 0.319 e. The van der Waals surface area contributed by atoms with E-state index in [4.69, 9.17) is 0 Å². The lowest BCUT2D eigenvalue weighted by atomic mass is 9.97. The van der Waals surface area contributed by atoms with Gasteiger partial charge in [0, 0.05) is 24.2 Å². The van der Waals surface area contributed by atoms with Crippen molar-refractivity contribution in [1.82, 2.24) is 16.0 Å². The van der Waals surface area contributed by atoms with E-state index in [0.717, 1.165) is 37.2 Å². The first-order valence-electron chi connectivity index (χ1n) is 8.19. The van der Waals surface area contributed by atoms with Gasteiger partial charge in [-0.2, -0.15) is 0 Å². The summed E-state index contributed by atoms with van der Waals surface area (Å²) in [5.74, 6) is 0.252. The van der Waals surface area contributed by atoms with Gasteiger partial charge in [0.15, 0.2) is 0 Å². The lowest BCUT2D eigenvalue weighted by Gasteiger charge is -2.21. The van der Waals surface area contributed by atoms with Crippen molar-refractivity contribution in [2.24, 2.45) is 5.92 Å². The number of urea groups is 1. The molecule has 1 aromatic rings. The van der Waals surface area contributed by atoms with Crippen LogP contribution in [0.15, 0.2) is 24.3 Å². The predicted octanol–water partition coefficient (Wildman–Crippen LogP) is 1.83. The molecular formula is C17H26N4O2. The third kappa shape index (κ3) is 5.90. The molecule has 0 saturated carbocycles. The number of carbonyl (C=O) groups is 2.